The Morgan fingerprint density at radius 3 is 2.62 bits per heavy atom. The number of imidazole rings is 1. The first kappa shape index (κ1) is 16.1. The third-order valence-corrected chi connectivity index (χ3v) is 3.75. The molecule has 0 saturated carbocycles. The molecule has 5 heteroatoms. The minimum absolute atomic E-state index is 0.0480. The average Bonchev–Trinajstić information content (AvgIpc) is 2.95. The lowest BCUT2D eigenvalue weighted by atomic mass is 9.86. The van der Waals surface area contributed by atoms with Crippen molar-refractivity contribution in [2.45, 2.75) is 26.2 Å². The maximum Gasteiger partial charge on any atom is 0.276 e. The van der Waals surface area contributed by atoms with Gasteiger partial charge >= 0.3 is 0 Å². The number of carbonyl (C=O) groups is 1. The molecule has 0 unspecified atom stereocenters. The molecule has 3 rings (SSSR count). The molecule has 1 aromatic heterocycles. The van der Waals surface area contributed by atoms with Gasteiger partial charge in [0.15, 0.2) is 6.61 Å². The van der Waals surface area contributed by atoms with Gasteiger partial charge in [-0.05, 0) is 29.2 Å². The monoisotopic (exact) mass is 323 g/mol. The molecule has 0 saturated heterocycles. The molecule has 0 spiro atoms. The third-order valence-electron chi connectivity index (χ3n) is 3.75. The van der Waals surface area contributed by atoms with Crippen LogP contribution in [-0.4, -0.2) is 22.2 Å². The maximum absolute atomic E-state index is 12.2. The summed E-state index contributed by atoms with van der Waals surface area (Å²) >= 11 is 0. The van der Waals surface area contributed by atoms with Crippen LogP contribution in [0.15, 0.2) is 54.9 Å². The van der Waals surface area contributed by atoms with E-state index >= 15 is 0 Å². The zero-order valence-corrected chi connectivity index (χ0v) is 14.1. The van der Waals surface area contributed by atoms with Gasteiger partial charge in [0.05, 0.1) is 11.0 Å². The molecule has 124 valence electrons. The molecule has 0 aliphatic rings. The number of aromatic nitrogens is 2. The van der Waals surface area contributed by atoms with E-state index in [1.54, 1.807) is 11.0 Å². The number of nitrogens with one attached hydrogen (secondary N) is 1. The Hall–Kier alpha value is -2.82. The lowest BCUT2D eigenvalue weighted by molar-refractivity contribution is -0.119. The van der Waals surface area contributed by atoms with Crippen molar-refractivity contribution in [2.75, 3.05) is 12.0 Å². The summed E-state index contributed by atoms with van der Waals surface area (Å²) in [4.78, 5) is 16.4. The molecule has 0 aliphatic heterocycles. The van der Waals surface area contributed by atoms with E-state index in [2.05, 4.69) is 31.2 Å². The highest BCUT2D eigenvalue weighted by Gasteiger charge is 2.19. The van der Waals surface area contributed by atoms with E-state index in [0.29, 0.717) is 0 Å². The topological polar surface area (TPSA) is 56.1 Å². The van der Waals surface area contributed by atoms with Crippen LogP contribution in [0.2, 0.25) is 0 Å². The number of amides is 1. The van der Waals surface area contributed by atoms with Crippen LogP contribution >= 0.6 is 0 Å². The second-order valence-corrected chi connectivity index (χ2v) is 6.67. The highest BCUT2D eigenvalue weighted by atomic mass is 16.5. The molecule has 0 fully saturated rings. The minimum Gasteiger partial charge on any atom is -0.483 e. The number of carbonyl (C=O) groups excluding carboxylic acids is 1. The Labute approximate surface area is 141 Å². The second-order valence-electron chi connectivity index (χ2n) is 6.67. The van der Waals surface area contributed by atoms with Crippen LogP contribution in [-0.2, 0) is 10.2 Å². The van der Waals surface area contributed by atoms with Crippen LogP contribution in [0.25, 0.3) is 11.0 Å². The first-order valence-electron chi connectivity index (χ1n) is 7.89. The van der Waals surface area contributed by atoms with Crippen LogP contribution in [0.1, 0.15) is 26.3 Å². The fourth-order valence-corrected chi connectivity index (χ4v) is 2.57. The van der Waals surface area contributed by atoms with Gasteiger partial charge < -0.3 is 4.74 Å². The van der Waals surface area contributed by atoms with E-state index in [4.69, 9.17) is 4.74 Å². The van der Waals surface area contributed by atoms with Gasteiger partial charge in [-0.3, -0.25) is 10.2 Å². The summed E-state index contributed by atoms with van der Waals surface area (Å²) < 4.78 is 7.35. The van der Waals surface area contributed by atoms with Gasteiger partial charge in [0.2, 0.25) is 0 Å². The van der Waals surface area contributed by atoms with Crippen LogP contribution in [0.5, 0.6) is 5.75 Å². The van der Waals surface area contributed by atoms with E-state index in [0.717, 1.165) is 22.3 Å². The molecule has 3 aromatic rings. The SMILES string of the molecule is CC(C)(C)c1ccccc1OCC(=O)Nn1cnc2ccccc21. The van der Waals surface area contributed by atoms with Gasteiger partial charge in [-0.15, -0.1) is 0 Å². The Morgan fingerprint density at radius 2 is 1.83 bits per heavy atom. The molecule has 0 atom stereocenters. The first-order chi connectivity index (χ1) is 11.4. The van der Waals surface area contributed by atoms with Gasteiger partial charge in [0, 0.05) is 0 Å². The predicted octanol–water partition coefficient (Wildman–Crippen LogP) is 3.48. The van der Waals surface area contributed by atoms with Gasteiger partial charge in [0.1, 0.15) is 12.1 Å². The van der Waals surface area contributed by atoms with E-state index < -0.39 is 0 Å². The third kappa shape index (κ3) is 3.40. The van der Waals surface area contributed by atoms with Gasteiger partial charge in [-0.1, -0.05) is 51.1 Å². The van der Waals surface area contributed by atoms with Crippen molar-refractivity contribution >= 4 is 16.9 Å². The molecule has 1 heterocycles. The van der Waals surface area contributed by atoms with Crippen molar-refractivity contribution in [1.82, 2.24) is 9.66 Å². The van der Waals surface area contributed by atoms with Crippen molar-refractivity contribution < 1.29 is 9.53 Å². The second kappa shape index (κ2) is 6.35. The van der Waals surface area contributed by atoms with Crippen LogP contribution in [0.3, 0.4) is 0 Å². The summed E-state index contributed by atoms with van der Waals surface area (Å²) in [5, 5.41) is 0. The smallest absolute Gasteiger partial charge is 0.276 e. The summed E-state index contributed by atoms with van der Waals surface area (Å²) in [6.45, 7) is 6.30. The fraction of sp³-hybridized carbons (Fsp3) is 0.263. The van der Waals surface area contributed by atoms with Crippen molar-refractivity contribution in [3.05, 3.63) is 60.4 Å². The van der Waals surface area contributed by atoms with E-state index in [9.17, 15) is 4.79 Å². The van der Waals surface area contributed by atoms with E-state index in [-0.39, 0.29) is 17.9 Å². The van der Waals surface area contributed by atoms with Crippen molar-refractivity contribution in [3.8, 4) is 5.75 Å². The van der Waals surface area contributed by atoms with Crippen molar-refractivity contribution in [2.24, 2.45) is 0 Å². The van der Waals surface area contributed by atoms with Crippen LogP contribution in [0.4, 0.5) is 0 Å². The number of hydrogen-bond acceptors (Lipinski definition) is 3. The normalized spacial score (nSPS) is 11.5. The fourth-order valence-electron chi connectivity index (χ4n) is 2.57. The zero-order chi connectivity index (χ0) is 17.2. The summed E-state index contributed by atoms with van der Waals surface area (Å²) in [5.74, 6) is 0.498. The molecular formula is C19H21N3O2. The molecular weight excluding hydrogens is 302 g/mol. The number of para-hydroxylation sites is 3. The van der Waals surface area contributed by atoms with Crippen molar-refractivity contribution in [1.29, 1.82) is 0 Å². The Morgan fingerprint density at radius 1 is 1.12 bits per heavy atom. The molecule has 0 radical (unpaired) electrons. The molecule has 2 aromatic carbocycles. The molecule has 0 bridgehead atoms. The number of hydrogen-bond donors (Lipinski definition) is 1. The molecule has 1 N–H and O–H groups in total. The Balaban J connectivity index is 1.69. The number of fused-ring (bicyclic) bond motifs is 1. The Bertz CT molecular complexity index is 862. The summed E-state index contributed by atoms with van der Waals surface area (Å²) in [6.07, 6.45) is 1.59. The largest absolute Gasteiger partial charge is 0.483 e. The average molecular weight is 323 g/mol. The summed E-state index contributed by atoms with van der Waals surface area (Å²) in [7, 11) is 0. The van der Waals surface area contributed by atoms with Gasteiger partial charge in [-0.2, -0.15) is 0 Å². The molecule has 5 nitrogen and oxygen atoms in total. The van der Waals surface area contributed by atoms with E-state index in [1.165, 1.54) is 0 Å². The number of ether oxygens (including phenoxy) is 1. The highest BCUT2D eigenvalue weighted by molar-refractivity contribution is 5.87. The lowest BCUT2D eigenvalue weighted by Gasteiger charge is -2.22. The number of benzene rings is 2. The Kier molecular flexibility index (Phi) is 4.25. The molecule has 0 aliphatic carbocycles. The highest BCUT2D eigenvalue weighted by Crippen LogP contribution is 2.30. The van der Waals surface area contributed by atoms with Gasteiger partial charge in [-0.25, -0.2) is 9.66 Å². The standard InChI is InChI=1S/C19H21N3O2/c1-19(2,3)14-8-4-7-11-17(14)24-12-18(23)21-22-13-20-15-9-5-6-10-16(15)22/h4-11,13H,12H2,1-3H3,(H,21,23). The zero-order valence-electron chi connectivity index (χ0n) is 14.1. The molecule has 1 amide bonds. The predicted molar refractivity (Wildman–Crippen MR) is 94.7 cm³/mol. The summed E-state index contributed by atoms with van der Waals surface area (Å²) in [5.41, 5.74) is 5.49. The number of nitrogens with zero attached hydrogens (tertiary/aromatic N) is 2. The van der Waals surface area contributed by atoms with E-state index in [1.807, 2.05) is 48.5 Å². The van der Waals surface area contributed by atoms with Crippen molar-refractivity contribution in [3.63, 3.8) is 0 Å². The van der Waals surface area contributed by atoms with Crippen LogP contribution in [0, 0.1) is 0 Å². The maximum atomic E-state index is 12.2. The van der Waals surface area contributed by atoms with Crippen LogP contribution < -0.4 is 10.2 Å². The lowest BCUT2D eigenvalue weighted by Crippen LogP contribution is -2.28. The number of rotatable bonds is 4. The summed E-state index contributed by atoms with van der Waals surface area (Å²) in [6, 6.07) is 15.4. The first-order valence-corrected chi connectivity index (χ1v) is 7.89. The minimum atomic E-state index is -0.234. The molecule has 24 heavy (non-hydrogen) atoms. The quantitative estimate of drug-likeness (QED) is 0.799. The van der Waals surface area contributed by atoms with Gasteiger partial charge in [0.25, 0.3) is 5.91 Å².